The standard InChI is InChI=1S/C13H19NO5S/c1-13(2,3)9-12(15)19-14-20(16,17)11-7-5-10(18-4)6-8-11/h5-8,14H,9H2,1-4H3. The van der Waals surface area contributed by atoms with E-state index in [9.17, 15) is 13.2 Å². The highest BCUT2D eigenvalue weighted by Gasteiger charge is 2.20. The quantitative estimate of drug-likeness (QED) is 0.840. The molecule has 0 saturated heterocycles. The van der Waals surface area contributed by atoms with Crippen LogP contribution in [0.25, 0.3) is 0 Å². The maximum Gasteiger partial charge on any atom is 0.326 e. The van der Waals surface area contributed by atoms with E-state index in [0.717, 1.165) is 0 Å². The molecular formula is C13H19NO5S. The van der Waals surface area contributed by atoms with Crippen LogP contribution in [-0.4, -0.2) is 21.5 Å². The van der Waals surface area contributed by atoms with Gasteiger partial charge in [-0.1, -0.05) is 20.8 Å². The Balaban J connectivity index is 2.68. The fourth-order valence-corrected chi connectivity index (χ4v) is 2.17. The van der Waals surface area contributed by atoms with Crippen LogP contribution in [0.3, 0.4) is 0 Å². The highest BCUT2D eigenvalue weighted by molar-refractivity contribution is 7.89. The molecule has 7 heteroatoms. The first kappa shape index (κ1) is 16.5. The van der Waals surface area contributed by atoms with E-state index in [1.54, 1.807) is 0 Å². The predicted molar refractivity (Wildman–Crippen MR) is 73.5 cm³/mol. The molecule has 112 valence electrons. The van der Waals surface area contributed by atoms with Gasteiger partial charge in [0.2, 0.25) is 0 Å². The summed E-state index contributed by atoms with van der Waals surface area (Å²) in [5.74, 6) is -0.0942. The van der Waals surface area contributed by atoms with Crippen molar-refractivity contribution in [3.63, 3.8) is 0 Å². The van der Waals surface area contributed by atoms with Gasteiger partial charge in [-0.3, -0.25) is 4.79 Å². The van der Waals surface area contributed by atoms with Gasteiger partial charge in [0.05, 0.1) is 18.4 Å². The van der Waals surface area contributed by atoms with Crippen LogP contribution in [0.15, 0.2) is 29.2 Å². The summed E-state index contributed by atoms with van der Waals surface area (Å²) in [5, 5.41) is 0. The largest absolute Gasteiger partial charge is 0.497 e. The second-order valence-electron chi connectivity index (χ2n) is 5.47. The van der Waals surface area contributed by atoms with E-state index < -0.39 is 16.0 Å². The molecule has 0 aromatic heterocycles. The first-order valence-electron chi connectivity index (χ1n) is 5.99. The third kappa shape index (κ3) is 5.18. The van der Waals surface area contributed by atoms with Crippen molar-refractivity contribution in [3.8, 4) is 5.75 Å². The number of rotatable bonds is 5. The van der Waals surface area contributed by atoms with Crippen LogP contribution in [0.4, 0.5) is 0 Å². The monoisotopic (exact) mass is 301 g/mol. The van der Waals surface area contributed by atoms with E-state index in [-0.39, 0.29) is 16.7 Å². The number of sulfonamides is 1. The lowest BCUT2D eigenvalue weighted by Gasteiger charge is -2.16. The maximum atomic E-state index is 11.9. The Hall–Kier alpha value is -1.60. The molecular weight excluding hydrogens is 282 g/mol. The van der Waals surface area contributed by atoms with Crippen molar-refractivity contribution >= 4 is 16.0 Å². The number of methoxy groups -OCH3 is 1. The molecule has 0 saturated carbocycles. The summed E-state index contributed by atoms with van der Waals surface area (Å²) >= 11 is 0. The molecule has 0 fully saturated rings. The number of hydrogen-bond acceptors (Lipinski definition) is 5. The minimum atomic E-state index is -3.88. The van der Waals surface area contributed by atoms with Crippen molar-refractivity contribution in [2.24, 2.45) is 5.41 Å². The minimum Gasteiger partial charge on any atom is -0.497 e. The van der Waals surface area contributed by atoms with Gasteiger partial charge in [-0.25, -0.2) is 8.42 Å². The fraction of sp³-hybridized carbons (Fsp3) is 0.462. The Morgan fingerprint density at radius 1 is 1.20 bits per heavy atom. The van der Waals surface area contributed by atoms with Crippen molar-refractivity contribution in [2.45, 2.75) is 32.1 Å². The molecule has 1 aromatic rings. The van der Waals surface area contributed by atoms with Crippen molar-refractivity contribution in [3.05, 3.63) is 24.3 Å². The normalized spacial score (nSPS) is 12.0. The number of hydrogen-bond donors (Lipinski definition) is 1. The van der Waals surface area contributed by atoms with Gasteiger partial charge in [0.1, 0.15) is 5.75 Å². The molecule has 1 N–H and O–H groups in total. The van der Waals surface area contributed by atoms with Gasteiger partial charge in [-0.15, -0.1) is 0 Å². The maximum absolute atomic E-state index is 11.9. The number of carbonyl (C=O) groups is 1. The second kappa shape index (κ2) is 6.23. The van der Waals surface area contributed by atoms with Gasteiger partial charge >= 0.3 is 5.97 Å². The molecule has 0 amide bonds. The molecule has 20 heavy (non-hydrogen) atoms. The molecule has 0 unspecified atom stereocenters. The minimum absolute atomic E-state index is 0.0122. The lowest BCUT2D eigenvalue weighted by Crippen LogP contribution is -2.29. The Bertz CT molecular complexity index is 557. The Morgan fingerprint density at radius 2 is 1.75 bits per heavy atom. The molecule has 1 aromatic carbocycles. The number of ether oxygens (including phenoxy) is 1. The molecule has 0 spiro atoms. The molecule has 0 radical (unpaired) electrons. The van der Waals surface area contributed by atoms with Gasteiger partial charge < -0.3 is 9.57 Å². The smallest absolute Gasteiger partial charge is 0.326 e. The Labute approximate surface area is 119 Å². The van der Waals surface area contributed by atoms with E-state index in [4.69, 9.17) is 4.74 Å². The van der Waals surface area contributed by atoms with Crippen molar-refractivity contribution in [1.82, 2.24) is 4.89 Å². The molecule has 0 aliphatic carbocycles. The van der Waals surface area contributed by atoms with Crippen molar-refractivity contribution in [2.75, 3.05) is 7.11 Å². The lowest BCUT2D eigenvalue weighted by atomic mass is 9.93. The van der Waals surface area contributed by atoms with Gasteiger partial charge in [-0.2, -0.15) is 0 Å². The topological polar surface area (TPSA) is 81.7 Å². The van der Waals surface area contributed by atoms with Crippen LogP contribution in [0.5, 0.6) is 5.75 Å². The fourth-order valence-electron chi connectivity index (χ4n) is 1.37. The highest BCUT2D eigenvalue weighted by Crippen LogP contribution is 2.19. The zero-order valence-electron chi connectivity index (χ0n) is 12.0. The van der Waals surface area contributed by atoms with Crippen molar-refractivity contribution in [1.29, 1.82) is 0 Å². The van der Waals surface area contributed by atoms with E-state index in [1.807, 2.05) is 25.7 Å². The third-order valence-electron chi connectivity index (χ3n) is 2.31. The molecule has 0 aliphatic heterocycles. The first-order valence-corrected chi connectivity index (χ1v) is 7.48. The lowest BCUT2D eigenvalue weighted by molar-refractivity contribution is -0.149. The molecule has 0 bridgehead atoms. The second-order valence-corrected chi connectivity index (χ2v) is 7.12. The van der Waals surface area contributed by atoms with Crippen LogP contribution < -0.4 is 9.62 Å². The molecule has 0 heterocycles. The van der Waals surface area contributed by atoms with Gasteiger partial charge in [0, 0.05) is 0 Å². The van der Waals surface area contributed by atoms with Crippen LogP contribution in [0.1, 0.15) is 27.2 Å². The molecule has 1 rings (SSSR count). The zero-order chi connectivity index (χ0) is 15.4. The van der Waals surface area contributed by atoms with Crippen LogP contribution in [0, 0.1) is 5.41 Å². The van der Waals surface area contributed by atoms with Gasteiger partial charge in [0.25, 0.3) is 10.0 Å². The summed E-state index contributed by atoms with van der Waals surface area (Å²) in [5.41, 5.74) is -0.275. The zero-order valence-corrected chi connectivity index (χ0v) is 12.8. The first-order chi connectivity index (χ1) is 9.14. The molecule has 6 nitrogen and oxygen atoms in total. The summed E-state index contributed by atoms with van der Waals surface area (Å²) in [7, 11) is -2.40. The predicted octanol–water partition coefficient (Wildman–Crippen LogP) is 1.87. The van der Waals surface area contributed by atoms with E-state index >= 15 is 0 Å². The number of nitrogens with one attached hydrogen (secondary N) is 1. The highest BCUT2D eigenvalue weighted by atomic mass is 32.2. The summed E-state index contributed by atoms with van der Waals surface area (Å²) in [6, 6.07) is 5.73. The van der Waals surface area contributed by atoms with Crippen LogP contribution in [-0.2, 0) is 19.7 Å². The molecule has 0 atom stereocenters. The average molecular weight is 301 g/mol. The Kier molecular flexibility index (Phi) is 5.13. The summed E-state index contributed by atoms with van der Waals surface area (Å²) < 4.78 is 28.7. The SMILES string of the molecule is COc1ccc(S(=O)(=O)NOC(=O)CC(C)(C)C)cc1. The average Bonchev–Trinajstić information content (AvgIpc) is 2.35. The third-order valence-corrected chi connectivity index (χ3v) is 3.51. The van der Waals surface area contributed by atoms with Gasteiger partial charge in [-0.05, 0) is 34.6 Å². The number of carbonyl (C=O) groups excluding carboxylic acids is 1. The van der Waals surface area contributed by atoms with E-state index in [1.165, 1.54) is 31.4 Å². The van der Waals surface area contributed by atoms with E-state index in [2.05, 4.69) is 4.84 Å². The van der Waals surface area contributed by atoms with Gasteiger partial charge in [0.15, 0.2) is 0 Å². The Morgan fingerprint density at radius 3 is 2.20 bits per heavy atom. The summed E-state index contributed by atoms with van der Waals surface area (Å²) in [6.45, 7) is 5.56. The summed E-state index contributed by atoms with van der Waals surface area (Å²) in [4.78, 5) is 17.9. The van der Waals surface area contributed by atoms with Crippen molar-refractivity contribution < 1.29 is 22.8 Å². The summed E-state index contributed by atoms with van der Waals surface area (Å²) in [6.07, 6.45) is 0.109. The van der Waals surface area contributed by atoms with Crippen LogP contribution in [0.2, 0.25) is 0 Å². The molecule has 0 aliphatic rings. The van der Waals surface area contributed by atoms with E-state index in [0.29, 0.717) is 5.75 Å². The van der Waals surface area contributed by atoms with Crippen LogP contribution >= 0.6 is 0 Å². The number of benzene rings is 1.